The van der Waals surface area contributed by atoms with Crippen molar-refractivity contribution in [1.82, 2.24) is 4.98 Å². The standard InChI is InChI=1S/C8H6N/c1-2-4-8-7(3-1)5-6-9-8/h1,3-6,9H. The second-order valence-electron chi connectivity index (χ2n) is 1.99. The van der Waals surface area contributed by atoms with Crippen molar-refractivity contribution in [2.75, 3.05) is 0 Å². The topological polar surface area (TPSA) is 15.8 Å². The van der Waals surface area contributed by atoms with Crippen LogP contribution < -0.4 is 0 Å². The molecule has 1 N–H and O–H groups in total. The lowest BCUT2D eigenvalue weighted by molar-refractivity contribution is 1.48. The van der Waals surface area contributed by atoms with Crippen molar-refractivity contribution in [2.45, 2.75) is 0 Å². The van der Waals surface area contributed by atoms with Gasteiger partial charge in [0.25, 0.3) is 0 Å². The summed E-state index contributed by atoms with van der Waals surface area (Å²) < 4.78 is 0. The molecule has 0 saturated heterocycles. The van der Waals surface area contributed by atoms with Crippen LogP contribution in [0.1, 0.15) is 0 Å². The highest BCUT2D eigenvalue weighted by Gasteiger charge is 1.87. The van der Waals surface area contributed by atoms with Crippen molar-refractivity contribution in [3.63, 3.8) is 0 Å². The van der Waals surface area contributed by atoms with Gasteiger partial charge >= 0.3 is 0 Å². The molecule has 1 aromatic heterocycles. The van der Waals surface area contributed by atoms with E-state index in [1.807, 2.05) is 30.5 Å². The summed E-state index contributed by atoms with van der Waals surface area (Å²) >= 11 is 0. The molecule has 0 bridgehead atoms. The van der Waals surface area contributed by atoms with Gasteiger partial charge in [-0.05, 0) is 23.6 Å². The van der Waals surface area contributed by atoms with E-state index in [0.29, 0.717) is 0 Å². The van der Waals surface area contributed by atoms with Crippen LogP contribution in [-0.4, -0.2) is 4.98 Å². The summed E-state index contributed by atoms with van der Waals surface area (Å²) in [5.74, 6) is 0. The Labute approximate surface area is 53.3 Å². The Morgan fingerprint density at radius 3 is 3.22 bits per heavy atom. The van der Waals surface area contributed by atoms with Gasteiger partial charge in [-0.3, -0.25) is 0 Å². The van der Waals surface area contributed by atoms with Crippen molar-refractivity contribution in [3.8, 4) is 0 Å². The highest BCUT2D eigenvalue weighted by molar-refractivity contribution is 5.78. The van der Waals surface area contributed by atoms with Crippen molar-refractivity contribution >= 4 is 10.9 Å². The van der Waals surface area contributed by atoms with E-state index < -0.39 is 0 Å². The minimum Gasteiger partial charge on any atom is -0.361 e. The van der Waals surface area contributed by atoms with E-state index in [4.69, 9.17) is 0 Å². The van der Waals surface area contributed by atoms with Crippen LogP contribution in [0.25, 0.3) is 10.9 Å². The molecule has 0 amide bonds. The quantitative estimate of drug-likeness (QED) is 0.541. The Kier molecular flexibility index (Phi) is 0.833. The number of benzene rings is 1. The van der Waals surface area contributed by atoms with Crippen LogP contribution in [0.4, 0.5) is 0 Å². The zero-order valence-electron chi connectivity index (χ0n) is 4.89. The minimum absolute atomic E-state index is 1.15. The molecule has 1 aromatic carbocycles. The predicted octanol–water partition coefficient (Wildman–Crippen LogP) is 1.97. The molecule has 0 aliphatic carbocycles. The number of rotatable bonds is 0. The first-order chi connectivity index (χ1) is 4.47. The van der Waals surface area contributed by atoms with Crippen molar-refractivity contribution in [3.05, 3.63) is 36.5 Å². The van der Waals surface area contributed by atoms with E-state index in [1.54, 1.807) is 0 Å². The Morgan fingerprint density at radius 1 is 1.33 bits per heavy atom. The smallest absolute Gasteiger partial charge is 0.0460 e. The first-order valence-corrected chi connectivity index (χ1v) is 2.90. The molecule has 9 heavy (non-hydrogen) atoms. The first kappa shape index (κ1) is 4.62. The zero-order valence-corrected chi connectivity index (χ0v) is 4.89. The fourth-order valence-corrected chi connectivity index (χ4v) is 0.934. The van der Waals surface area contributed by atoms with Crippen LogP contribution in [0.3, 0.4) is 0 Å². The molecule has 2 rings (SSSR count). The second kappa shape index (κ2) is 1.62. The molecule has 1 nitrogen and oxygen atoms in total. The van der Waals surface area contributed by atoms with Gasteiger partial charge in [0.15, 0.2) is 0 Å². The number of hydrogen-bond acceptors (Lipinski definition) is 0. The minimum atomic E-state index is 1.15. The first-order valence-electron chi connectivity index (χ1n) is 2.90. The van der Waals surface area contributed by atoms with Crippen LogP contribution in [0.2, 0.25) is 0 Å². The molecule has 0 aliphatic rings. The number of fused-ring (bicyclic) bond motifs is 1. The molecule has 43 valence electrons. The van der Waals surface area contributed by atoms with Gasteiger partial charge in [-0.25, -0.2) is 0 Å². The third-order valence-electron chi connectivity index (χ3n) is 1.40. The van der Waals surface area contributed by atoms with Crippen LogP contribution in [0.15, 0.2) is 30.5 Å². The second-order valence-corrected chi connectivity index (χ2v) is 1.99. The van der Waals surface area contributed by atoms with Gasteiger partial charge in [-0.2, -0.15) is 0 Å². The average molecular weight is 116 g/mol. The summed E-state index contributed by atoms with van der Waals surface area (Å²) in [5, 5.41) is 1.24. The van der Waals surface area contributed by atoms with E-state index >= 15 is 0 Å². The highest BCUT2D eigenvalue weighted by atomic mass is 14.6. The number of aromatic nitrogens is 1. The third kappa shape index (κ3) is 0.617. The molecule has 0 fully saturated rings. The van der Waals surface area contributed by atoms with Gasteiger partial charge in [0, 0.05) is 11.7 Å². The summed E-state index contributed by atoms with van der Waals surface area (Å²) in [7, 11) is 0. The number of H-pyrrole nitrogens is 1. The lowest BCUT2D eigenvalue weighted by Crippen LogP contribution is -1.62. The monoisotopic (exact) mass is 116 g/mol. The number of hydrogen-bond donors (Lipinski definition) is 1. The maximum Gasteiger partial charge on any atom is 0.0460 e. The maximum absolute atomic E-state index is 3.09. The van der Waals surface area contributed by atoms with Crippen molar-refractivity contribution in [1.29, 1.82) is 0 Å². The Balaban J connectivity index is 2.95. The molecule has 2 aromatic rings. The van der Waals surface area contributed by atoms with Gasteiger partial charge < -0.3 is 4.98 Å². The predicted molar refractivity (Wildman–Crippen MR) is 37.1 cm³/mol. The third-order valence-corrected chi connectivity index (χ3v) is 1.40. The van der Waals surface area contributed by atoms with Gasteiger partial charge in [0.2, 0.25) is 0 Å². The summed E-state index contributed by atoms with van der Waals surface area (Å²) in [6, 6.07) is 10.9. The normalized spacial score (nSPS) is 10.2. The van der Waals surface area contributed by atoms with E-state index in [2.05, 4.69) is 11.1 Å². The van der Waals surface area contributed by atoms with E-state index in [0.717, 1.165) is 5.52 Å². The molecule has 0 saturated carbocycles. The lowest BCUT2D eigenvalue weighted by Gasteiger charge is -1.82. The molecule has 0 atom stereocenters. The average Bonchev–Trinajstić information content (AvgIpc) is 2.33. The summed E-state index contributed by atoms with van der Waals surface area (Å²) in [4.78, 5) is 3.09. The highest BCUT2D eigenvalue weighted by Crippen LogP contribution is 2.08. The van der Waals surface area contributed by atoms with E-state index in [-0.39, 0.29) is 0 Å². The zero-order chi connectivity index (χ0) is 6.10. The van der Waals surface area contributed by atoms with Gasteiger partial charge in [0.1, 0.15) is 0 Å². The maximum atomic E-state index is 3.09. The van der Waals surface area contributed by atoms with Crippen molar-refractivity contribution < 1.29 is 0 Å². The molecular weight excluding hydrogens is 110 g/mol. The molecule has 1 radical (unpaired) electrons. The number of nitrogens with one attached hydrogen (secondary N) is 1. The fourth-order valence-electron chi connectivity index (χ4n) is 0.934. The molecule has 1 heteroatoms. The van der Waals surface area contributed by atoms with Crippen LogP contribution >= 0.6 is 0 Å². The molecule has 0 unspecified atom stereocenters. The molecular formula is C8H6N. The Hall–Kier alpha value is -1.24. The molecule has 0 aliphatic heterocycles. The Morgan fingerprint density at radius 2 is 2.33 bits per heavy atom. The van der Waals surface area contributed by atoms with Gasteiger partial charge in [-0.15, -0.1) is 0 Å². The summed E-state index contributed by atoms with van der Waals surface area (Å²) in [6.45, 7) is 0. The Bertz CT molecular complexity index is 279. The fraction of sp³-hybridized carbons (Fsp3) is 0. The summed E-state index contributed by atoms with van der Waals surface area (Å²) in [5.41, 5.74) is 1.15. The van der Waals surface area contributed by atoms with Gasteiger partial charge in [0.05, 0.1) is 0 Å². The molecule has 0 spiro atoms. The SMILES string of the molecule is [c]1ccc2cc[nH]c2c1. The molecule has 1 heterocycles. The van der Waals surface area contributed by atoms with Crippen LogP contribution in [0, 0.1) is 6.07 Å². The van der Waals surface area contributed by atoms with Crippen LogP contribution in [-0.2, 0) is 0 Å². The largest absolute Gasteiger partial charge is 0.361 e. The number of aromatic amines is 1. The summed E-state index contributed by atoms with van der Waals surface area (Å²) in [6.07, 6.45) is 1.93. The van der Waals surface area contributed by atoms with E-state index in [9.17, 15) is 0 Å². The van der Waals surface area contributed by atoms with Crippen LogP contribution in [0.5, 0.6) is 0 Å². The van der Waals surface area contributed by atoms with Gasteiger partial charge in [-0.1, -0.05) is 12.1 Å². The van der Waals surface area contributed by atoms with E-state index in [1.165, 1.54) is 5.39 Å². The lowest BCUT2D eigenvalue weighted by atomic mass is 10.3. The van der Waals surface area contributed by atoms with Crippen molar-refractivity contribution in [2.24, 2.45) is 0 Å².